The highest BCUT2D eigenvalue weighted by Gasteiger charge is 2.18. The van der Waals surface area contributed by atoms with Gasteiger partial charge in [-0.1, -0.05) is 12.1 Å². The zero-order chi connectivity index (χ0) is 18.1. The van der Waals surface area contributed by atoms with E-state index in [1.807, 2.05) is 18.3 Å². The van der Waals surface area contributed by atoms with Gasteiger partial charge in [0.15, 0.2) is 4.77 Å². The number of H-pyrrole nitrogens is 1. The summed E-state index contributed by atoms with van der Waals surface area (Å²) >= 11 is 5.07. The van der Waals surface area contributed by atoms with Crippen molar-refractivity contribution in [2.75, 3.05) is 6.54 Å². The van der Waals surface area contributed by atoms with Crippen LogP contribution in [0.4, 0.5) is 5.69 Å². The highest BCUT2D eigenvalue weighted by atomic mass is 32.1. The summed E-state index contributed by atoms with van der Waals surface area (Å²) in [7, 11) is 0. The third-order valence-corrected chi connectivity index (χ3v) is 4.65. The Morgan fingerprint density at radius 3 is 3.08 bits per heavy atom. The molecule has 0 fully saturated rings. The number of aromatic nitrogens is 2. The summed E-state index contributed by atoms with van der Waals surface area (Å²) in [5.41, 5.74) is 3.05. The third kappa shape index (κ3) is 3.42. The number of fused-ring (bicyclic) bond motifs is 1. The molecule has 3 heterocycles. The lowest BCUT2D eigenvalue weighted by molar-refractivity contribution is -0.384. The number of hydrogen-bond acceptors (Lipinski definition) is 6. The van der Waals surface area contributed by atoms with Gasteiger partial charge in [0.1, 0.15) is 11.5 Å². The predicted molar refractivity (Wildman–Crippen MR) is 98.0 cm³/mol. The van der Waals surface area contributed by atoms with Crippen molar-refractivity contribution < 1.29 is 9.34 Å². The van der Waals surface area contributed by atoms with Crippen molar-refractivity contribution in [2.24, 2.45) is 0 Å². The van der Waals surface area contributed by atoms with Crippen LogP contribution in [-0.2, 0) is 19.5 Å². The van der Waals surface area contributed by atoms with Crippen LogP contribution in [0.2, 0.25) is 0 Å². The second-order valence-electron chi connectivity index (χ2n) is 6.23. The normalized spacial score (nSPS) is 14.2. The Balaban J connectivity index is 1.49. The first-order valence-corrected chi connectivity index (χ1v) is 8.62. The summed E-state index contributed by atoms with van der Waals surface area (Å²) < 4.78 is 6.43. The van der Waals surface area contributed by atoms with E-state index in [-0.39, 0.29) is 5.69 Å². The first-order valence-electron chi connectivity index (χ1n) is 8.21. The molecule has 1 aliphatic rings. The lowest BCUT2D eigenvalue weighted by atomic mass is 10.1. The van der Waals surface area contributed by atoms with Gasteiger partial charge in [-0.25, -0.2) is 4.98 Å². The molecule has 0 spiro atoms. The summed E-state index contributed by atoms with van der Waals surface area (Å²) in [6.45, 7) is 2.35. The summed E-state index contributed by atoms with van der Waals surface area (Å²) in [6.07, 6.45) is 2.72. The smallest absolute Gasteiger partial charge is 0.270 e. The van der Waals surface area contributed by atoms with E-state index >= 15 is 0 Å². The number of nitrogens with zero attached hydrogens (tertiary/aromatic N) is 3. The van der Waals surface area contributed by atoms with Crippen molar-refractivity contribution in [3.8, 4) is 11.3 Å². The quantitative estimate of drug-likeness (QED) is 0.427. The van der Waals surface area contributed by atoms with E-state index in [1.54, 1.807) is 12.1 Å². The molecule has 2 aromatic heterocycles. The fraction of sp³-hybridized carbons (Fsp3) is 0.222. The molecule has 1 aliphatic heterocycles. The molecule has 26 heavy (non-hydrogen) atoms. The number of hydrogen-bond donors (Lipinski definition) is 1. The van der Waals surface area contributed by atoms with Gasteiger partial charge in [0.05, 0.1) is 11.5 Å². The molecule has 7 nitrogen and oxygen atoms in total. The number of benzene rings is 1. The Labute approximate surface area is 154 Å². The minimum Gasteiger partial charge on any atom is -0.460 e. The number of nitro benzene ring substituents is 1. The molecule has 1 N–H and O–H groups in total. The van der Waals surface area contributed by atoms with Crippen LogP contribution in [-0.4, -0.2) is 26.3 Å². The van der Waals surface area contributed by atoms with E-state index in [2.05, 4.69) is 14.9 Å². The number of aromatic amines is 1. The molecule has 0 amide bonds. The average Bonchev–Trinajstić information content (AvgIpc) is 3.10. The maximum absolute atomic E-state index is 10.9. The predicted octanol–water partition coefficient (Wildman–Crippen LogP) is 3.87. The molecule has 0 atom stereocenters. The summed E-state index contributed by atoms with van der Waals surface area (Å²) in [5, 5.41) is 10.9. The van der Waals surface area contributed by atoms with Crippen LogP contribution in [0, 0.1) is 14.9 Å². The monoisotopic (exact) mass is 368 g/mol. The molecule has 0 aliphatic carbocycles. The fourth-order valence-corrected chi connectivity index (χ4v) is 3.33. The van der Waals surface area contributed by atoms with E-state index < -0.39 is 4.92 Å². The molecule has 0 saturated heterocycles. The van der Waals surface area contributed by atoms with E-state index in [1.165, 1.54) is 12.1 Å². The Hall–Kier alpha value is -2.84. The van der Waals surface area contributed by atoms with Gasteiger partial charge in [-0.3, -0.25) is 15.0 Å². The molecular formula is C18H16N4O3S. The van der Waals surface area contributed by atoms with Crippen LogP contribution >= 0.6 is 12.2 Å². The first-order chi connectivity index (χ1) is 12.6. The lowest BCUT2D eigenvalue weighted by Crippen LogP contribution is -2.30. The maximum Gasteiger partial charge on any atom is 0.270 e. The van der Waals surface area contributed by atoms with E-state index in [0.29, 0.717) is 22.6 Å². The Morgan fingerprint density at radius 2 is 2.23 bits per heavy atom. The van der Waals surface area contributed by atoms with Crippen molar-refractivity contribution >= 4 is 17.9 Å². The van der Waals surface area contributed by atoms with Gasteiger partial charge in [-0.2, -0.15) is 0 Å². The highest BCUT2D eigenvalue weighted by Crippen LogP contribution is 2.27. The molecule has 0 unspecified atom stereocenters. The average molecular weight is 368 g/mol. The molecule has 1 aromatic carbocycles. The van der Waals surface area contributed by atoms with Crippen molar-refractivity contribution in [3.63, 3.8) is 0 Å². The molecule has 0 saturated carbocycles. The summed E-state index contributed by atoms with van der Waals surface area (Å²) in [6, 6.07) is 10.2. The van der Waals surface area contributed by atoms with Gasteiger partial charge < -0.3 is 9.40 Å². The molecule has 4 rings (SSSR count). The van der Waals surface area contributed by atoms with Gasteiger partial charge in [0.2, 0.25) is 0 Å². The topological polar surface area (TPSA) is 88.2 Å². The van der Waals surface area contributed by atoms with Gasteiger partial charge >= 0.3 is 0 Å². The van der Waals surface area contributed by atoms with Crippen molar-refractivity contribution in [2.45, 2.75) is 19.5 Å². The molecule has 0 bridgehead atoms. The molecule has 3 aromatic rings. The van der Waals surface area contributed by atoms with Crippen molar-refractivity contribution in [1.29, 1.82) is 0 Å². The second-order valence-corrected chi connectivity index (χ2v) is 6.61. The van der Waals surface area contributed by atoms with Crippen LogP contribution in [0.1, 0.15) is 17.0 Å². The highest BCUT2D eigenvalue weighted by molar-refractivity contribution is 7.71. The van der Waals surface area contributed by atoms with Gasteiger partial charge in [0.25, 0.3) is 5.69 Å². The van der Waals surface area contributed by atoms with Crippen LogP contribution < -0.4 is 0 Å². The van der Waals surface area contributed by atoms with Crippen LogP contribution in [0.25, 0.3) is 11.3 Å². The molecular weight excluding hydrogens is 352 g/mol. The minimum absolute atomic E-state index is 0.0537. The zero-order valence-corrected chi connectivity index (χ0v) is 14.7. The maximum atomic E-state index is 10.9. The largest absolute Gasteiger partial charge is 0.460 e. The Morgan fingerprint density at radius 1 is 1.35 bits per heavy atom. The number of nitro groups is 1. The summed E-state index contributed by atoms with van der Waals surface area (Å²) in [5.74, 6) is 1.46. The third-order valence-electron chi connectivity index (χ3n) is 4.44. The number of non-ortho nitro benzene ring substituents is 1. The number of nitrogens with one attached hydrogen (secondary N) is 1. The van der Waals surface area contributed by atoms with Crippen molar-refractivity contribution in [3.05, 3.63) is 74.5 Å². The Bertz CT molecular complexity index is 1030. The second kappa shape index (κ2) is 6.81. The SMILES string of the molecule is O=[N+]([O-])c1cccc(-c2ccc(CN3CCc4[nH]c(=S)ncc4C3)o2)c1. The van der Waals surface area contributed by atoms with E-state index in [4.69, 9.17) is 16.6 Å². The van der Waals surface area contributed by atoms with E-state index in [9.17, 15) is 10.1 Å². The number of furan rings is 1. The van der Waals surface area contributed by atoms with Crippen LogP contribution in [0.3, 0.4) is 0 Å². The fourth-order valence-electron chi connectivity index (χ4n) is 3.15. The van der Waals surface area contributed by atoms with Gasteiger partial charge in [-0.15, -0.1) is 0 Å². The number of rotatable bonds is 4. The lowest BCUT2D eigenvalue weighted by Gasteiger charge is -2.27. The first kappa shape index (κ1) is 16.6. The molecule has 8 heteroatoms. The molecule has 0 radical (unpaired) electrons. The standard InChI is InChI=1S/C18H16N4O3S/c23-22(24)14-3-1-2-12(8-14)17-5-4-15(25-17)11-21-7-6-16-13(10-21)9-19-18(26)20-16/h1-5,8-9H,6-7,10-11H2,(H,19,20,26). The summed E-state index contributed by atoms with van der Waals surface area (Å²) in [4.78, 5) is 20.1. The Kier molecular flexibility index (Phi) is 4.36. The molecule has 132 valence electrons. The van der Waals surface area contributed by atoms with E-state index in [0.717, 1.165) is 36.5 Å². The van der Waals surface area contributed by atoms with Crippen molar-refractivity contribution in [1.82, 2.24) is 14.9 Å². The van der Waals surface area contributed by atoms with Gasteiger partial charge in [0, 0.05) is 54.7 Å². The van der Waals surface area contributed by atoms with Crippen LogP contribution in [0.5, 0.6) is 0 Å². The van der Waals surface area contributed by atoms with Gasteiger partial charge in [-0.05, 0) is 24.4 Å². The van der Waals surface area contributed by atoms with Crippen LogP contribution in [0.15, 0.2) is 47.0 Å². The minimum atomic E-state index is -0.405. The zero-order valence-electron chi connectivity index (χ0n) is 13.8.